The van der Waals surface area contributed by atoms with Crippen molar-refractivity contribution in [1.29, 1.82) is 0 Å². The van der Waals surface area contributed by atoms with Crippen LogP contribution >= 0.6 is 11.8 Å². The Kier molecular flexibility index (Phi) is 5.85. The number of carbonyl (C=O) groups excluding carboxylic acids is 1. The van der Waals surface area contributed by atoms with Gasteiger partial charge in [-0.15, -0.1) is 16.8 Å². The number of methoxy groups -OCH3 is 1. The molecule has 4 aromatic rings. The summed E-state index contributed by atoms with van der Waals surface area (Å²) in [7, 11) is 1.59. The van der Waals surface area contributed by atoms with Gasteiger partial charge >= 0.3 is 0 Å². The second kappa shape index (κ2) is 8.87. The summed E-state index contributed by atoms with van der Waals surface area (Å²) in [6.45, 7) is 4.31. The Hall–Kier alpha value is -3.52. The number of aromatic nitrogens is 3. The summed E-state index contributed by atoms with van der Waals surface area (Å²) in [5.74, 6) is 1.94. The number of nitrogens with one attached hydrogen (secondary N) is 1. The van der Waals surface area contributed by atoms with Gasteiger partial charge in [-0.05, 0) is 24.3 Å². The van der Waals surface area contributed by atoms with Crippen molar-refractivity contribution in [3.05, 3.63) is 67.3 Å². The number of furan rings is 1. The molecule has 4 rings (SSSR count). The first-order valence-electron chi connectivity index (χ1n) is 9.27. The van der Waals surface area contributed by atoms with Crippen LogP contribution in [0.2, 0.25) is 0 Å². The first kappa shape index (κ1) is 19.8. The highest BCUT2D eigenvalue weighted by Gasteiger charge is 2.18. The number of para-hydroxylation sites is 1. The van der Waals surface area contributed by atoms with Gasteiger partial charge < -0.3 is 14.5 Å². The fourth-order valence-corrected chi connectivity index (χ4v) is 3.74. The van der Waals surface area contributed by atoms with E-state index < -0.39 is 0 Å². The van der Waals surface area contributed by atoms with Crippen molar-refractivity contribution in [2.45, 2.75) is 11.7 Å². The minimum atomic E-state index is -0.147. The molecule has 0 unspecified atom stereocenters. The summed E-state index contributed by atoms with van der Waals surface area (Å²) >= 11 is 1.30. The smallest absolute Gasteiger partial charge is 0.234 e. The number of amides is 1. The van der Waals surface area contributed by atoms with Crippen LogP contribution in [0.5, 0.6) is 5.75 Å². The van der Waals surface area contributed by atoms with Gasteiger partial charge in [-0.3, -0.25) is 9.36 Å². The molecule has 0 aliphatic heterocycles. The number of fused-ring (bicyclic) bond motifs is 1. The van der Waals surface area contributed by atoms with Crippen molar-refractivity contribution in [1.82, 2.24) is 14.8 Å². The molecule has 2 aromatic carbocycles. The van der Waals surface area contributed by atoms with Crippen molar-refractivity contribution in [3.8, 4) is 17.3 Å². The van der Waals surface area contributed by atoms with Crippen LogP contribution in [-0.2, 0) is 11.3 Å². The summed E-state index contributed by atoms with van der Waals surface area (Å²) in [6.07, 6.45) is 1.76. The molecule has 0 spiro atoms. The number of allylic oxidation sites excluding steroid dienone is 1. The lowest BCUT2D eigenvalue weighted by Crippen LogP contribution is -2.14. The van der Waals surface area contributed by atoms with E-state index in [1.807, 2.05) is 53.1 Å². The number of hydrogen-bond donors (Lipinski definition) is 1. The van der Waals surface area contributed by atoms with E-state index in [-0.39, 0.29) is 11.7 Å². The molecule has 0 saturated heterocycles. The Labute approximate surface area is 177 Å². The molecule has 0 aliphatic rings. The maximum atomic E-state index is 12.4. The average Bonchev–Trinajstić information content (AvgIpc) is 3.36. The second-order valence-corrected chi connectivity index (χ2v) is 7.37. The number of carbonyl (C=O) groups is 1. The van der Waals surface area contributed by atoms with Crippen LogP contribution < -0.4 is 10.1 Å². The van der Waals surface area contributed by atoms with Crippen LogP contribution in [-0.4, -0.2) is 33.5 Å². The largest absolute Gasteiger partial charge is 0.497 e. The average molecular weight is 420 g/mol. The van der Waals surface area contributed by atoms with Crippen LogP contribution in [0.1, 0.15) is 0 Å². The van der Waals surface area contributed by atoms with E-state index >= 15 is 0 Å². The number of benzene rings is 2. The van der Waals surface area contributed by atoms with Gasteiger partial charge in [-0.1, -0.05) is 42.1 Å². The normalized spacial score (nSPS) is 10.8. The van der Waals surface area contributed by atoms with E-state index in [1.165, 1.54) is 11.8 Å². The molecule has 30 heavy (non-hydrogen) atoms. The molecule has 0 radical (unpaired) electrons. The highest BCUT2D eigenvalue weighted by Crippen LogP contribution is 2.29. The van der Waals surface area contributed by atoms with E-state index in [0.29, 0.717) is 34.7 Å². The van der Waals surface area contributed by atoms with Crippen LogP contribution in [0.25, 0.3) is 22.6 Å². The number of ether oxygens (including phenoxy) is 1. The summed E-state index contributed by atoms with van der Waals surface area (Å²) < 4.78 is 13.0. The van der Waals surface area contributed by atoms with Crippen molar-refractivity contribution in [2.75, 3.05) is 18.2 Å². The minimum absolute atomic E-state index is 0.147. The molecule has 0 atom stereocenters. The zero-order chi connectivity index (χ0) is 20.9. The quantitative estimate of drug-likeness (QED) is 0.331. The van der Waals surface area contributed by atoms with Crippen LogP contribution in [0.4, 0.5) is 5.69 Å². The molecule has 0 bridgehead atoms. The zero-order valence-electron chi connectivity index (χ0n) is 16.4. The number of nitrogens with zero attached hydrogens (tertiary/aromatic N) is 3. The topological polar surface area (TPSA) is 82.2 Å². The SMILES string of the molecule is C=CCn1c(SCC(=O)Nc2cccc(OC)c2)nnc1-c1cc2ccccc2o1. The Morgan fingerprint density at radius 3 is 2.90 bits per heavy atom. The van der Waals surface area contributed by atoms with Crippen molar-refractivity contribution in [3.63, 3.8) is 0 Å². The molecule has 2 aromatic heterocycles. The van der Waals surface area contributed by atoms with E-state index in [9.17, 15) is 4.79 Å². The lowest BCUT2D eigenvalue weighted by Gasteiger charge is -2.08. The fourth-order valence-electron chi connectivity index (χ4n) is 2.99. The Bertz CT molecular complexity index is 1170. The number of anilines is 1. The second-order valence-electron chi connectivity index (χ2n) is 6.42. The summed E-state index contributed by atoms with van der Waals surface area (Å²) in [6, 6.07) is 16.9. The number of hydrogen-bond acceptors (Lipinski definition) is 6. The molecule has 0 saturated carbocycles. The zero-order valence-corrected chi connectivity index (χ0v) is 17.2. The number of rotatable bonds is 8. The standard InChI is InChI=1S/C22H20N4O3S/c1-3-11-26-21(19-12-15-7-4-5-10-18(15)29-19)24-25-22(26)30-14-20(27)23-16-8-6-9-17(13-16)28-2/h3-10,12-13H,1,11,14H2,2H3,(H,23,27). The lowest BCUT2D eigenvalue weighted by atomic mass is 10.2. The van der Waals surface area contributed by atoms with Gasteiger partial charge in [0, 0.05) is 23.7 Å². The van der Waals surface area contributed by atoms with Gasteiger partial charge in [-0.25, -0.2) is 0 Å². The van der Waals surface area contributed by atoms with E-state index in [0.717, 1.165) is 11.0 Å². The molecular formula is C22H20N4O3S. The molecule has 2 heterocycles. The third-order valence-electron chi connectivity index (χ3n) is 4.36. The van der Waals surface area contributed by atoms with E-state index in [2.05, 4.69) is 22.1 Å². The summed E-state index contributed by atoms with van der Waals surface area (Å²) in [5, 5.41) is 13.0. The highest BCUT2D eigenvalue weighted by atomic mass is 32.2. The summed E-state index contributed by atoms with van der Waals surface area (Å²) in [4.78, 5) is 12.4. The Balaban J connectivity index is 1.50. The molecule has 0 fully saturated rings. The first-order valence-corrected chi connectivity index (χ1v) is 10.3. The van der Waals surface area contributed by atoms with Gasteiger partial charge in [0.15, 0.2) is 10.9 Å². The molecule has 1 N–H and O–H groups in total. The molecule has 1 amide bonds. The van der Waals surface area contributed by atoms with E-state index in [4.69, 9.17) is 9.15 Å². The van der Waals surface area contributed by atoms with Crippen LogP contribution in [0.3, 0.4) is 0 Å². The third kappa shape index (κ3) is 4.23. The maximum absolute atomic E-state index is 12.4. The lowest BCUT2D eigenvalue weighted by molar-refractivity contribution is -0.113. The molecule has 8 heteroatoms. The fraction of sp³-hybridized carbons (Fsp3) is 0.136. The van der Waals surface area contributed by atoms with Gasteiger partial charge in [-0.2, -0.15) is 0 Å². The third-order valence-corrected chi connectivity index (χ3v) is 5.33. The number of thioether (sulfide) groups is 1. The van der Waals surface area contributed by atoms with Gasteiger partial charge in [0.25, 0.3) is 0 Å². The van der Waals surface area contributed by atoms with Crippen molar-refractivity contribution >= 4 is 34.3 Å². The van der Waals surface area contributed by atoms with Crippen molar-refractivity contribution < 1.29 is 13.9 Å². The summed E-state index contributed by atoms with van der Waals surface area (Å²) in [5.41, 5.74) is 1.46. The Morgan fingerprint density at radius 2 is 2.10 bits per heavy atom. The maximum Gasteiger partial charge on any atom is 0.234 e. The predicted octanol–water partition coefficient (Wildman–Crippen LogP) is 4.62. The highest BCUT2D eigenvalue weighted by molar-refractivity contribution is 7.99. The van der Waals surface area contributed by atoms with Gasteiger partial charge in [0.05, 0.1) is 12.9 Å². The van der Waals surface area contributed by atoms with Crippen molar-refractivity contribution in [2.24, 2.45) is 0 Å². The molecule has 0 aliphatic carbocycles. The van der Waals surface area contributed by atoms with E-state index in [1.54, 1.807) is 19.3 Å². The first-order chi connectivity index (χ1) is 14.7. The molecular weight excluding hydrogens is 400 g/mol. The predicted molar refractivity (Wildman–Crippen MR) is 118 cm³/mol. The van der Waals surface area contributed by atoms with Crippen LogP contribution in [0, 0.1) is 0 Å². The van der Waals surface area contributed by atoms with Gasteiger partial charge in [0.2, 0.25) is 11.7 Å². The molecule has 7 nitrogen and oxygen atoms in total. The van der Waals surface area contributed by atoms with Gasteiger partial charge in [0.1, 0.15) is 11.3 Å². The molecule has 152 valence electrons. The van der Waals surface area contributed by atoms with Crippen LogP contribution in [0.15, 0.2) is 76.8 Å². The monoisotopic (exact) mass is 420 g/mol. The Morgan fingerprint density at radius 1 is 1.23 bits per heavy atom. The minimum Gasteiger partial charge on any atom is -0.497 e.